The lowest BCUT2D eigenvalue weighted by atomic mass is 9.72. The number of carbonyl (C=O) groups excluding carboxylic acids is 1. The molecule has 1 saturated heterocycles. The Bertz CT molecular complexity index is 408. The van der Waals surface area contributed by atoms with Gasteiger partial charge in [0.25, 0.3) is 0 Å². The molecule has 0 N–H and O–H groups in total. The van der Waals surface area contributed by atoms with E-state index < -0.39 is 9.04 Å². The van der Waals surface area contributed by atoms with Gasteiger partial charge in [-0.3, -0.25) is 4.90 Å². The fraction of sp³-hybridized carbons (Fsp3) is 0.824. The summed E-state index contributed by atoms with van der Waals surface area (Å²) in [5.41, 5.74) is -0.488. The number of methoxy groups -OCH3 is 1. The number of ether oxygens (including phenoxy) is 2. The maximum Gasteiger partial charge on any atom is 0.410 e. The van der Waals surface area contributed by atoms with Crippen LogP contribution in [0.1, 0.15) is 33.6 Å². The summed E-state index contributed by atoms with van der Waals surface area (Å²) in [5, 5.41) is 0. The summed E-state index contributed by atoms with van der Waals surface area (Å²) in [6, 6.07) is 0.0222. The molecule has 0 aromatic heterocycles. The molecule has 1 amide bonds. The van der Waals surface area contributed by atoms with Crippen molar-refractivity contribution in [2.75, 3.05) is 26.9 Å². The third-order valence-electron chi connectivity index (χ3n) is 4.65. The fourth-order valence-electron chi connectivity index (χ4n) is 3.28. The van der Waals surface area contributed by atoms with E-state index in [0.717, 1.165) is 12.8 Å². The van der Waals surface area contributed by atoms with Crippen LogP contribution in [0, 0.1) is 5.41 Å². The van der Waals surface area contributed by atoms with Crippen LogP contribution in [0.25, 0.3) is 0 Å². The molecule has 1 rings (SSSR count). The van der Waals surface area contributed by atoms with Gasteiger partial charge in [0.05, 0.1) is 24.8 Å². The molecular formula is C17H33NO4Si. The molecule has 0 saturated carbocycles. The quantitative estimate of drug-likeness (QED) is 0.526. The highest BCUT2D eigenvalue weighted by Gasteiger charge is 2.56. The Morgan fingerprint density at radius 3 is 2.57 bits per heavy atom. The number of rotatable bonds is 7. The van der Waals surface area contributed by atoms with Crippen molar-refractivity contribution < 1.29 is 18.7 Å². The molecular weight excluding hydrogens is 310 g/mol. The fourth-order valence-corrected chi connectivity index (χ4v) is 3.89. The first kappa shape index (κ1) is 20.2. The highest BCUT2D eigenvalue weighted by Crippen LogP contribution is 2.47. The van der Waals surface area contributed by atoms with E-state index in [9.17, 15) is 4.79 Å². The van der Waals surface area contributed by atoms with Crippen molar-refractivity contribution in [2.45, 2.75) is 58.3 Å². The van der Waals surface area contributed by atoms with Gasteiger partial charge < -0.3 is 13.9 Å². The minimum Gasteiger partial charge on any atom is -0.445 e. The van der Waals surface area contributed by atoms with E-state index in [2.05, 4.69) is 40.4 Å². The van der Waals surface area contributed by atoms with Crippen molar-refractivity contribution in [3.63, 3.8) is 0 Å². The molecule has 0 spiro atoms. The molecule has 1 fully saturated rings. The molecule has 0 aliphatic carbocycles. The Balaban J connectivity index is 3.16. The summed E-state index contributed by atoms with van der Waals surface area (Å²) < 4.78 is 16.8. The third-order valence-corrected chi connectivity index (χ3v) is 5.48. The second kappa shape index (κ2) is 8.31. The lowest BCUT2D eigenvalue weighted by Gasteiger charge is -2.49. The van der Waals surface area contributed by atoms with Crippen molar-refractivity contribution in [1.29, 1.82) is 0 Å². The molecule has 0 radical (unpaired) electrons. The van der Waals surface area contributed by atoms with E-state index >= 15 is 0 Å². The molecule has 1 aliphatic rings. The predicted molar refractivity (Wildman–Crippen MR) is 95.3 cm³/mol. The average molecular weight is 344 g/mol. The van der Waals surface area contributed by atoms with Crippen molar-refractivity contribution in [3.05, 3.63) is 12.7 Å². The van der Waals surface area contributed by atoms with Gasteiger partial charge in [0, 0.05) is 7.11 Å². The lowest BCUT2D eigenvalue weighted by Crippen LogP contribution is -2.61. The summed E-state index contributed by atoms with van der Waals surface area (Å²) >= 11 is 0. The maximum atomic E-state index is 12.8. The van der Waals surface area contributed by atoms with Crippen molar-refractivity contribution in [2.24, 2.45) is 5.41 Å². The predicted octanol–water partition coefficient (Wildman–Crippen LogP) is 3.20. The molecule has 1 aliphatic heterocycles. The van der Waals surface area contributed by atoms with Gasteiger partial charge in [-0.15, -0.1) is 0 Å². The molecule has 23 heavy (non-hydrogen) atoms. The molecule has 0 aromatic carbocycles. The maximum absolute atomic E-state index is 12.8. The summed E-state index contributed by atoms with van der Waals surface area (Å²) in [5.74, 6) is 0. The van der Waals surface area contributed by atoms with Crippen LogP contribution in [0.3, 0.4) is 0 Å². The van der Waals surface area contributed by atoms with Gasteiger partial charge in [0.2, 0.25) is 0 Å². The van der Waals surface area contributed by atoms with Gasteiger partial charge in [0.1, 0.15) is 6.61 Å². The number of amides is 1. The topological polar surface area (TPSA) is 48.0 Å². The zero-order chi connectivity index (χ0) is 17.7. The highest BCUT2D eigenvalue weighted by molar-refractivity contribution is 6.48. The Labute approximate surface area is 142 Å². The van der Waals surface area contributed by atoms with E-state index in [4.69, 9.17) is 13.9 Å². The summed E-state index contributed by atoms with van der Waals surface area (Å²) in [6.45, 7) is 15.7. The van der Waals surface area contributed by atoms with Crippen LogP contribution in [0.5, 0.6) is 0 Å². The molecule has 0 aromatic rings. The molecule has 2 unspecified atom stereocenters. The molecule has 1 heterocycles. The monoisotopic (exact) mass is 343 g/mol. The Kier molecular flexibility index (Phi) is 7.29. The smallest absolute Gasteiger partial charge is 0.410 e. The zero-order valence-electron chi connectivity index (χ0n) is 15.6. The highest BCUT2D eigenvalue weighted by atomic mass is 28.3. The van der Waals surface area contributed by atoms with Crippen LogP contribution in [-0.4, -0.2) is 58.5 Å². The van der Waals surface area contributed by atoms with E-state index in [0.29, 0.717) is 13.2 Å². The van der Waals surface area contributed by atoms with Crippen LogP contribution in [-0.2, 0) is 13.9 Å². The van der Waals surface area contributed by atoms with Gasteiger partial charge >= 0.3 is 6.09 Å². The molecule has 0 bridgehead atoms. The Morgan fingerprint density at radius 2 is 2.09 bits per heavy atom. The standard InChI is InChI=1S/C17H33NO4Si/c1-8-11-21-15(19)18-14(12-20-5)9-10-17(18,16(2,3)4)13-22-23(6)7/h8,14,23H,1,9-13H2,2-7H3. The first-order valence-electron chi connectivity index (χ1n) is 8.37. The second-order valence-electron chi connectivity index (χ2n) is 7.52. The molecule has 2 atom stereocenters. The van der Waals surface area contributed by atoms with Crippen LogP contribution >= 0.6 is 0 Å². The summed E-state index contributed by atoms with van der Waals surface area (Å²) in [6.07, 6.45) is 3.09. The number of hydrogen-bond donors (Lipinski definition) is 0. The van der Waals surface area contributed by atoms with Crippen molar-refractivity contribution in [1.82, 2.24) is 4.90 Å². The van der Waals surface area contributed by atoms with Crippen molar-refractivity contribution in [3.8, 4) is 0 Å². The molecule has 6 heteroatoms. The minimum absolute atomic E-state index is 0.0222. The zero-order valence-corrected chi connectivity index (χ0v) is 16.7. The normalized spacial score (nSPS) is 25.0. The number of carbonyl (C=O) groups is 1. The Morgan fingerprint density at radius 1 is 1.43 bits per heavy atom. The van der Waals surface area contributed by atoms with E-state index in [-0.39, 0.29) is 29.7 Å². The van der Waals surface area contributed by atoms with Gasteiger partial charge in [-0.2, -0.15) is 0 Å². The number of hydrogen-bond acceptors (Lipinski definition) is 4. The Hall–Kier alpha value is -0.853. The van der Waals surface area contributed by atoms with Crippen LogP contribution in [0.4, 0.5) is 4.79 Å². The van der Waals surface area contributed by atoms with Crippen LogP contribution < -0.4 is 0 Å². The van der Waals surface area contributed by atoms with E-state index in [1.54, 1.807) is 13.2 Å². The molecule has 5 nitrogen and oxygen atoms in total. The number of likely N-dealkylation sites (tertiary alicyclic amines) is 1. The first-order valence-corrected chi connectivity index (χ1v) is 11.1. The lowest BCUT2D eigenvalue weighted by molar-refractivity contribution is -0.0352. The second-order valence-corrected chi connectivity index (χ2v) is 9.96. The minimum atomic E-state index is -1.19. The van der Waals surface area contributed by atoms with Gasteiger partial charge in [-0.1, -0.05) is 33.4 Å². The summed E-state index contributed by atoms with van der Waals surface area (Å²) in [4.78, 5) is 14.6. The van der Waals surface area contributed by atoms with Crippen molar-refractivity contribution >= 4 is 15.1 Å². The first-order chi connectivity index (χ1) is 10.7. The number of nitrogens with zero attached hydrogens (tertiary/aromatic N) is 1. The molecule has 134 valence electrons. The van der Waals surface area contributed by atoms with E-state index in [1.165, 1.54) is 0 Å². The SMILES string of the molecule is C=CCOC(=O)N1C(COC)CCC1(CO[SiH](C)C)C(C)(C)C. The average Bonchev–Trinajstić information content (AvgIpc) is 2.82. The van der Waals surface area contributed by atoms with E-state index in [1.807, 2.05) is 4.90 Å². The summed E-state index contributed by atoms with van der Waals surface area (Å²) in [7, 11) is 0.483. The van der Waals surface area contributed by atoms with Crippen LogP contribution in [0.2, 0.25) is 13.1 Å². The largest absolute Gasteiger partial charge is 0.445 e. The van der Waals surface area contributed by atoms with Gasteiger partial charge in [-0.05, 0) is 31.4 Å². The van der Waals surface area contributed by atoms with Crippen LogP contribution in [0.15, 0.2) is 12.7 Å². The van der Waals surface area contributed by atoms with Gasteiger partial charge in [0.15, 0.2) is 9.04 Å². The van der Waals surface area contributed by atoms with Gasteiger partial charge in [-0.25, -0.2) is 4.79 Å². The third kappa shape index (κ3) is 4.58.